The van der Waals surface area contributed by atoms with E-state index in [0.717, 1.165) is 24.2 Å². The maximum absolute atomic E-state index is 9.75. The van der Waals surface area contributed by atoms with Crippen LogP contribution >= 0.6 is 0 Å². The number of nitrogens with zero attached hydrogens (tertiary/aromatic N) is 3. The van der Waals surface area contributed by atoms with Crippen molar-refractivity contribution in [2.75, 3.05) is 0 Å². The van der Waals surface area contributed by atoms with Gasteiger partial charge in [0.25, 0.3) is 0 Å². The summed E-state index contributed by atoms with van der Waals surface area (Å²) in [5.41, 5.74) is 3.94. The van der Waals surface area contributed by atoms with Gasteiger partial charge in [0.1, 0.15) is 0 Å². The molecule has 4 heteroatoms. The van der Waals surface area contributed by atoms with Crippen molar-refractivity contribution >= 4 is 0 Å². The molecule has 1 atom stereocenters. The van der Waals surface area contributed by atoms with Crippen molar-refractivity contribution in [3.8, 4) is 5.69 Å². The first-order chi connectivity index (χ1) is 9.19. The van der Waals surface area contributed by atoms with Crippen molar-refractivity contribution in [2.45, 2.75) is 46.1 Å². The average molecular weight is 259 g/mol. The van der Waals surface area contributed by atoms with Gasteiger partial charge in [-0.1, -0.05) is 20.8 Å². The molecule has 0 saturated heterocycles. The van der Waals surface area contributed by atoms with Crippen LogP contribution in [0.3, 0.4) is 0 Å². The SMILES string of the molecule is CCc1cc(CC)n(-c2ccc([C@@H](O)CC)nc2)n1. The molecule has 0 aliphatic carbocycles. The molecule has 0 bridgehead atoms. The van der Waals surface area contributed by atoms with E-state index in [4.69, 9.17) is 0 Å². The molecule has 0 aromatic carbocycles. The van der Waals surface area contributed by atoms with Crippen LogP contribution in [0.25, 0.3) is 5.69 Å². The van der Waals surface area contributed by atoms with Gasteiger partial charge in [-0.05, 0) is 37.5 Å². The number of hydrogen-bond donors (Lipinski definition) is 1. The Hall–Kier alpha value is -1.68. The average Bonchev–Trinajstić information content (AvgIpc) is 2.90. The van der Waals surface area contributed by atoms with Gasteiger partial charge in [0.2, 0.25) is 0 Å². The number of aliphatic hydroxyl groups is 1. The number of hydrogen-bond acceptors (Lipinski definition) is 3. The van der Waals surface area contributed by atoms with E-state index in [0.29, 0.717) is 12.1 Å². The first kappa shape index (κ1) is 13.7. The van der Waals surface area contributed by atoms with Crippen LogP contribution in [-0.2, 0) is 12.8 Å². The third-order valence-corrected chi connectivity index (χ3v) is 3.30. The number of aliphatic hydroxyl groups excluding tert-OH is 1. The highest BCUT2D eigenvalue weighted by molar-refractivity contribution is 5.32. The van der Waals surface area contributed by atoms with Gasteiger partial charge in [0.15, 0.2) is 0 Å². The van der Waals surface area contributed by atoms with E-state index in [2.05, 4.69) is 30.0 Å². The lowest BCUT2D eigenvalue weighted by Gasteiger charge is -2.09. The van der Waals surface area contributed by atoms with Gasteiger partial charge in [-0.2, -0.15) is 5.10 Å². The number of aryl methyl sites for hydroxylation is 2. The highest BCUT2D eigenvalue weighted by Crippen LogP contribution is 2.17. The van der Waals surface area contributed by atoms with E-state index in [1.54, 1.807) is 6.20 Å². The van der Waals surface area contributed by atoms with Gasteiger partial charge >= 0.3 is 0 Å². The van der Waals surface area contributed by atoms with E-state index >= 15 is 0 Å². The fraction of sp³-hybridized carbons (Fsp3) is 0.467. The Morgan fingerprint density at radius 2 is 2.00 bits per heavy atom. The van der Waals surface area contributed by atoms with Crippen LogP contribution in [0.1, 0.15) is 50.4 Å². The molecule has 2 aromatic heterocycles. The molecule has 0 aliphatic heterocycles. The summed E-state index contributed by atoms with van der Waals surface area (Å²) in [5, 5.41) is 14.3. The Balaban J connectivity index is 2.34. The van der Waals surface area contributed by atoms with Gasteiger partial charge in [0.05, 0.1) is 29.4 Å². The minimum absolute atomic E-state index is 0.483. The van der Waals surface area contributed by atoms with Crippen LogP contribution in [0.5, 0.6) is 0 Å². The molecule has 19 heavy (non-hydrogen) atoms. The Bertz CT molecular complexity index is 531. The van der Waals surface area contributed by atoms with Crippen LogP contribution in [0, 0.1) is 0 Å². The summed E-state index contributed by atoms with van der Waals surface area (Å²) in [5.74, 6) is 0. The lowest BCUT2D eigenvalue weighted by Crippen LogP contribution is -2.04. The third kappa shape index (κ3) is 2.84. The molecule has 102 valence electrons. The van der Waals surface area contributed by atoms with Crippen molar-refractivity contribution in [3.63, 3.8) is 0 Å². The second-order valence-electron chi connectivity index (χ2n) is 4.61. The summed E-state index contributed by atoms with van der Waals surface area (Å²) < 4.78 is 1.94. The normalized spacial score (nSPS) is 12.6. The quantitative estimate of drug-likeness (QED) is 0.898. The molecule has 0 radical (unpaired) electrons. The van der Waals surface area contributed by atoms with E-state index in [1.165, 1.54) is 5.69 Å². The summed E-state index contributed by atoms with van der Waals surface area (Å²) in [4.78, 5) is 4.33. The summed E-state index contributed by atoms with van der Waals surface area (Å²) in [6.07, 6.45) is 3.84. The lowest BCUT2D eigenvalue weighted by atomic mass is 10.2. The summed E-state index contributed by atoms with van der Waals surface area (Å²) in [6.45, 7) is 6.16. The highest BCUT2D eigenvalue weighted by Gasteiger charge is 2.10. The van der Waals surface area contributed by atoms with Crippen LogP contribution < -0.4 is 0 Å². The molecular formula is C15H21N3O. The van der Waals surface area contributed by atoms with Crippen LogP contribution in [0.15, 0.2) is 24.4 Å². The van der Waals surface area contributed by atoms with Gasteiger partial charge in [-0.3, -0.25) is 4.98 Å². The van der Waals surface area contributed by atoms with Crippen LogP contribution in [0.4, 0.5) is 0 Å². The predicted molar refractivity (Wildman–Crippen MR) is 75.4 cm³/mol. The Morgan fingerprint density at radius 3 is 2.53 bits per heavy atom. The number of rotatable bonds is 5. The number of pyridine rings is 1. The molecule has 2 aromatic rings. The smallest absolute Gasteiger partial charge is 0.0957 e. The van der Waals surface area contributed by atoms with Gasteiger partial charge in [-0.15, -0.1) is 0 Å². The summed E-state index contributed by atoms with van der Waals surface area (Å²) >= 11 is 0. The molecule has 1 N–H and O–H groups in total. The maximum atomic E-state index is 9.75. The van der Waals surface area contributed by atoms with E-state index in [9.17, 15) is 5.11 Å². The van der Waals surface area contributed by atoms with Crippen LogP contribution in [0.2, 0.25) is 0 Å². The molecule has 0 unspecified atom stereocenters. The maximum Gasteiger partial charge on any atom is 0.0957 e. The van der Waals surface area contributed by atoms with Crippen LogP contribution in [-0.4, -0.2) is 19.9 Å². The molecule has 4 nitrogen and oxygen atoms in total. The zero-order valence-corrected chi connectivity index (χ0v) is 11.8. The molecule has 0 saturated carbocycles. The summed E-state index contributed by atoms with van der Waals surface area (Å²) in [6, 6.07) is 5.97. The molecule has 0 spiro atoms. The van der Waals surface area contributed by atoms with Crippen molar-refractivity contribution in [1.82, 2.24) is 14.8 Å². The van der Waals surface area contributed by atoms with Crippen molar-refractivity contribution in [2.24, 2.45) is 0 Å². The molecule has 0 fully saturated rings. The van der Waals surface area contributed by atoms with Gasteiger partial charge < -0.3 is 5.11 Å². The van der Waals surface area contributed by atoms with E-state index in [-0.39, 0.29) is 0 Å². The minimum atomic E-state index is -0.483. The van der Waals surface area contributed by atoms with Crippen molar-refractivity contribution in [3.05, 3.63) is 41.5 Å². The largest absolute Gasteiger partial charge is 0.387 e. The van der Waals surface area contributed by atoms with Gasteiger partial charge in [-0.25, -0.2) is 4.68 Å². The lowest BCUT2D eigenvalue weighted by molar-refractivity contribution is 0.169. The Kier molecular flexibility index (Phi) is 4.32. The van der Waals surface area contributed by atoms with Gasteiger partial charge in [0, 0.05) is 5.69 Å². The molecular weight excluding hydrogens is 238 g/mol. The topological polar surface area (TPSA) is 50.9 Å². The van der Waals surface area contributed by atoms with E-state index < -0.39 is 6.10 Å². The Morgan fingerprint density at radius 1 is 1.21 bits per heavy atom. The second kappa shape index (κ2) is 5.97. The first-order valence-electron chi connectivity index (χ1n) is 6.91. The zero-order chi connectivity index (χ0) is 13.8. The van der Waals surface area contributed by atoms with Crippen molar-refractivity contribution in [1.29, 1.82) is 0 Å². The second-order valence-corrected chi connectivity index (χ2v) is 4.61. The fourth-order valence-electron chi connectivity index (χ4n) is 2.05. The monoisotopic (exact) mass is 259 g/mol. The Labute approximate surface area is 114 Å². The van der Waals surface area contributed by atoms with E-state index in [1.807, 2.05) is 23.7 Å². The molecule has 0 aliphatic rings. The predicted octanol–water partition coefficient (Wildman–Crippen LogP) is 2.84. The molecule has 2 heterocycles. The van der Waals surface area contributed by atoms with Crippen molar-refractivity contribution < 1.29 is 5.11 Å². The third-order valence-electron chi connectivity index (χ3n) is 3.30. The molecule has 2 rings (SSSR count). The minimum Gasteiger partial charge on any atom is -0.387 e. The molecule has 0 amide bonds. The highest BCUT2D eigenvalue weighted by atomic mass is 16.3. The zero-order valence-electron chi connectivity index (χ0n) is 11.8. The summed E-state index contributed by atoms with van der Waals surface area (Å²) in [7, 11) is 0. The standard InChI is InChI=1S/C15H21N3O/c1-4-11-9-12(5-2)18(17-11)13-7-8-14(16-10-13)15(19)6-3/h7-10,15,19H,4-6H2,1-3H3/t15-/m0/s1. The first-order valence-corrected chi connectivity index (χ1v) is 6.91. The number of aromatic nitrogens is 3. The fourth-order valence-corrected chi connectivity index (χ4v) is 2.05.